The Kier molecular flexibility index (Phi) is 4.15. The van der Waals surface area contributed by atoms with Gasteiger partial charge in [0.1, 0.15) is 0 Å². The summed E-state index contributed by atoms with van der Waals surface area (Å²) in [4.78, 5) is 14.7. The van der Waals surface area contributed by atoms with Crippen LogP contribution in [0.4, 0.5) is 5.69 Å². The topological polar surface area (TPSA) is 32.3 Å². The molecule has 1 saturated heterocycles. The van der Waals surface area contributed by atoms with Gasteiger partial charge in [-0.1, -0.05) is 42.5 Å². The lowest BCUT2D eigenvalue weighted by atomic mass is 10.1. The van der Waals surface area contributed by atoms with Crippen molar-refractivity contribution in [1.82, 2.24) is 4.90 Å². The molecule has 0 aliphatic carbocycles. The number of nitrogens with one attached hydrogen (secondary N) is 1. The summed E-state index contributed by atoms with van der Waals surface area (Å²) in [5.74, 6) is -0.179. The van der Waals surface area contributed by atoms with Gasteiger partial charge in [0.05, 0.1) is 0 Å². The number of piperidine rings is 1. The third kappa shape index (κ3) is 3.22. The van der Waals surface area contributed by atoms with Crippen LogP contribution in [0.25, 0.3) is 10.8 Å². The van der Waals surface area contributed by atoms with E-state index in [0.717, 1.165) is 42.4 Å². The molecule has 4 heteroatoms. The van der Waals surface area contributed by atoms with Gasteiger partial charge in [0.15, 0.2) is 4.99 Å². The smallest absolute Gasteiger partial charge is 0.283 e. The first-order valence-electron chi connectivity index (χ1n) is 7.33. The van der Waals surface area contributed by atoms with Gasteiger partial charge in [0.25, 0.3) is 5.91 Å². The van der Waals surface area contributed by atoms with Gasteiger partial charge in [-0.3, -0.25) is 4.79 Å². The Balaban J connectivity index is 1.71. The molecule has 3 nitrogen and oxygen atoms in total. The van der Waals surface area contributed by atoms with Gasteiger partial charge in [0.2, 0.25) is 0 Å². The van der Waals surface area contributed by atoms with Crippen molar-refractivity contribution in [3.05, 3.63) is 42.5 Å². The lowest BCUT2D eigenvalue weighted by Gasteiger charge is -2.28. The van der Waals surface area contributed by atoms with Gasteiger partial charge in [0, 0.05) is 18.8 Å². The van der Waals surface area contributed by atoms with E-state index in [-0.39, 0.29) is 5.91 Å². The third-order valence-corrected chi connectivity index (χ3v) is 4.29. The average molecular weight is 298 g/mol. The van der Waals surface area contributed by atoms with E-state index in [1.165, 1.54) is 6.42 Å². The molecule has 0 saturated carbocycles. The molecule has 1 aliphatic rings. The fourth-order valence-corrected chi connectivity index (χ4v) is 2.93. The zero-order valence-corrected chi connectivity index (χ0v) is 12.7. The van der Waals surface area contributed by atoms with Crippen molar-refractivity contribution in [1.29, 1.82) is 0 Å². The van der Waals surface area contributed by atoms with Crippen LogP contribution in [0.5, 0.6) is 0 Å². The maximum absolute atomic E-state index is 12.3. The molecule has 2 aromatic rings. The first-order valence-corrected chi connectivity index (χ1v) is 7.74. The van der Waals surface area contributed by atoms with Crippen LogP contribution in [0.15, 0.2) is 42.5 Å². The molecule has 1 N–H and O–H groups in total. The molecule has 0 radical (unpaired) electrons. The minimum atomic E-state index is -0.179. The van der Waals surface area contributed by atoms with E-state index in [1.54, 1.807) is 0 Å². The van der Waals surface area contributed by atoms with Crippen molar-refractivity contribution in [3.8, 4) is 0 Å². The molecule has 0 unspecified atom stereocenters. The van der Waals surface area contributed by atoms with Crippen molar-refractivity contribution >= 4 is 39.6 Å². The van der Waals surface area contributed by atoms with Crippen molar-refractivity contribution in [2.24, 2.45) is 0 Å². The predicted molar refractivity (Wildman–Crippen MR) is 90.6 cm³/mol. The zero-order chi connectivity index (χ0) is 14.7. The fraction of sp³-hybridized carbons (Fsp3) is 0.294. The second-order valence-electron chi connectivity index (χ2n) is 5.37. The quantitative estimate of drug-likeness (QED) is 0.817. The first kappa shape index (κ1) is 14.0. The van der Waals surface area contributed by atoms with Crippen LogP contribution < -0.4 is 5.32 Å². The highest BCUT2D eigenvalue weighted by Gasteiger charge is 2.19. The molecule has 1 heterocycles. The molecular weight excluding hydrogens is 280 g/mol. The van der Waals surface area contributed by atoms with Gasteiger partial charge < -0.3 is 10.2 Å². The number of carbonyl (C=O) groups excluding carboxylic acids is 1. The molecule has 0 aromatic heterocycles. The van der Waals surface area contributed by atoms with Crippen molar-refractivity contribution < 1.29 is 4.79 Å². The van der Waals surface area contributed by atoms with Crippen LogP contribution >= 0.6 is 12.2 Å². The van der Waals surface area contributed by atoms with E-state index in [9.17, 15) is 4.79 Å². The van der Waals surface area contributed by atoms with Crippen LogP contribution in [0, 0.1) is 0 Å². The van der Waals surface area contributed by atoms with Crippen LogP contribution in [-0.4, -0.2) is 28.9 Å². The Morgan fingerprint density at radius 3 is 2.48 bits per heavy atom. The second-order valence-corrected chi connectivity index (χ2v) is 5.76. The van der Waals surface area contributed by atoms with E-state index in [2.05, 4.69) is 11.4 Å². The van der Waals surface area contributed by atoms with Gasteiger partial charge in [-0.2, -0.15) is 0 Å². The summed E-state index contributed by atoms with van der Waals surface area (Å²) in [5, 5.41) is 5.18. The number of fused-ring (bicyclic) bond motifs is 1. The van der Waals surface area contributed by atoms with Crippen molar-refractivity contribution in [2.75, 3.05) is 18.4 Å². The van der Waals surface area contributed by atoms with Crippen LogP contribution in [0.2, 0.25) is 0 Å². The van der Waals surface area contributed by atoms with Crippen molar-refractivity contribution in [2.45, 2.75) is 19.3 Å². The highest BCUT2D eigenvalue weighted by molar-refractivity contribution is 7.82. The largest absolute Gasteiger partial charge is 0.358 e. The standard InChI is InChI=1S/C17H18N2OS/c20-16(17(21)19-10-4-1-5-11-19)18-15-9-8-13-6-2-3-7-14(13)12-15/h2-3,6-9,12H,1,4-5,10-11H2,(H,18,20). The molecule has 0 atom stereocenters. The number of thiocarbonyl (C=S) groups is 1. The lowest BCUT2D eigenvalue weighted by molar-refractivity contribution is -0.110. The van der Waals surface area contributed by atoms with Gasteiger partial charge in [-0.05, 0) is 42.2 Å². The number of anilines is 1. The normalized spacial score (nSPS) is 15.0. The minimum Gasteiger partial charge on any atom is -0.358 e. The summed E-state index contributed by atoms with van der Waals surface area (Å²) < 4.78 is 0. The number of amides is 1. The van der Waals surface area contributed by atoms with E-state index < -0.39 is 0 Å². The van der Waals surface area contributed by atoms with Crippen LogP contribution in [0.3, 0.4) is 0 Å². The number of hydrogen-bond acceptors (Lipinski definition) is 2. The second kappa shape index (κ2) is 6.22. The summed E-state index contributed by atoms with van der Waals surface area (Å²) in [6.45, 7) is 1.79. The molecule has 108 valence electrons. The Morgan fingerprint density at radius 2 is 1.71 bits per heavy atom. The number of benzene rings is 2. The molecule has 3 rings (SSSR count). The Morgan fingerprint density at radius 1 is 1.00 bits per heavy atom. The van der Waals surface area contributed by atoms with E-state index in [1.807, 2.05) is 41.3 Å². The van der Waals surface area contributed by atoms with E-state index in [4.69, 9.17) is 12.2 Å². The summed E-state index contributed by atoms with van der Waals surface area (Å²) in [6, 6.07) is 14.0. The molecular formula is C17H18N2OS. The van der Waals surface area contributed by atoms with Gasteiger partial charge in [-0.15, -0.1) is 0 Å². The van der Waals surface area contributed by atoms with E-state index in [0.29, 0.717) is 4.99 Å². The molecule has 0 bridgehead atoms. The molecule has 1 fully saturated rings. The number of hydrogen-bond donors (Lipinski definition) is 1. The van der Waals surface area contributed by atoms with Gasteiger partial charge >= 0.3 is 0 Å². The Hall–Kier alpha value is -1.94. The highest BCUT2D eigenvalue weighted by atomic mass is 32.1. The molecule has 2 aromatic carbocycles. The summed E-state index contributed by atoms with van der Waals surface area (Å²) in [6.07, 6.45) is 3.46. The van der Waals surface area contributed by atoms with Crippen LogP contribution in [-0.2, 0) is 4.79 Å². The maximum atomic E-state index is 12.3. The zero-order valence-electron chi connectivity index (χ0n) is 11.8. The van der Waals surface area contributed by atoms with Crippen LogP contribution in [0.1, 0.15) is 19.3 Å². The Labute approximate surface area is 129 Å². The fourth-order valence-electron chi connectivity index (χ4n) is 2.69. The molecule has 0 spiro atoms. The minimum absolute atomic E-state index is 0.179. The molecule has 1 amide bonds. The number of nitrogens with zero attached hydrogens (tertiary/aromatic N) is 1. The Bertz CT molecular complexity index is 677. The number of rotatable bonds is 1. The molecule has 21 heavy (non-hydrogen) atoms. The third-order valence-electron chi connectivity index (χ3n) is 3.84. The van der Waals surface area contributed by atoms with Gasteiger partial charge in [-0.25, -0.2) is 0 Å². The summed E-state index contributed by atoms with van der Waals surface area (Å²) >= 11 is 5.31. The predicted octanol–water partition coefficient (Wildman–Crippen LogP) is 3.59. The monoisotopic (exact) mass is 298 g/mol. The summed E-state index contributed by atoms with van der Waals surface area (Å²) in [5.41, 5.74) is 0.790. The van der Waals surface area contributed by atoms with Crippen molar-refractivity contribution in [3.63, 3.8) is 0 Å². The van der Waals surface area contributed by atoms with E-state index >= 15 is 0 Å². The highest BCUT2D eigenvalue weighted by Crippen LogP contribution is 2.19. The number of likely N-dealkylation sites (tertiary alicyclic amines) is 1. The lowest BCUT2D eigenvalue weighted by Crippen LogP contribution is -2.41. The SMILES string of the molecule is O=C(Nc1ccc2ccccc2c1)C(=S)N1CCCCC1. The number of carbonyl (C=O) groups is 1. The summed E-state index contributed by atoms with van der Waals surface area (Å²) in [7, 11) is 0. The maximum Gasteiger partial charge on any atom is 0.283 e. The first-order chi connectivity index (χ1) is 10.2. The molecule has 1 aliphatic heterocycles. The average Bonchev–Trinajstić information content (AvgIpc) is 2.55.